The number of anilines is 1. The van der Waals surface area contributed by atoms with E-state index in [0.717, 1.165) is 17.0 Å². The van der Waals surface area contributed by atoms with Crippen LogP contribution in [0, 0.1) is 11.8 Å². The highest BCUT2D eigenvalue weighted by Crippen LogP contribution is 2.19. The Balaban J connectivity index is 2.13. The highest BCUT2D eigenvalue weighted by molar-refractivity contribution is 5.92. The Hall–Kier alpha value is -2.73. The largest absolute Gasteiger partial charge is 0.497 e. The van der Waals surface area contributed by atoms with E-state index >= 15 is 0 Å². The van der Waals surface area contributed by atoms with Crippen molar-refractivity contribution in [1.29, 1.82) is 0 Å². The van der Waals surface area contributed by atoms with Gasteiger partial charge in [-0.25, -0.2) is 0 Å². The standard InChI is InChI=1S/C18H17NO2/c1-15(20)19(17-10-12-18(21-2)13-11-17)14-6-9-16-7-4-3-5-8-16/h3-5,7-8,10-13H,14H2,1-2H3. The highest BCUT2D eigenvalue weighted by atomic mass is 16.5. The third kappa shape index (κ3) is 4.12. The van der Waals surface area contributed by atoms with Gasteiger partial charge in [0.1, 0.15) is 5.75 Å². The van der Waals surface area contributed by atoms with E-state index in [1.54, 1.807) is 12.0 Å². The number of nitrogens with zero attached hydrogens (tertiary/aromatic N) is 1. The fraction of sp³-hybridized carbons (Fsp3) is 0.167. The van der Waals surface area contributed by atoms with Crippen LogP contribution in [0.25, 0.3) is 0 Å². The van der Waals surface area contributed by atoms with Gasteiger partial charge >= 0.3 is 0 Å². The second-order valence-electron chi connectivity index (χ2n) is 4.47. The molecule has 0 aliphatic rings. The first kappa shape index (κ1) is 14.7. The molecule has 2 rings (SSSR count). The molecule has 0 bridgehead atoms. The fourth-order valence-electron chi connectivity index (χ4n) is 1.89. The van der Waals surface area contributed by atoms with Crippen LogP contribution in [-0.4, -0.2) is 19.6 Å². The fourth-order valence-corrected chi connectivity index (χ4v) is 1.89. The quantitative estimate of drug-likeness (QED) is 0.808. The summed E-state index contributed by atoms with van der Waals surface area (Å²) in [6.07, 6.45) is 0. The molecular weight excluding hydrogens is 262 g/mol. The van der Waals surface area contributed by atoms with Crippen molar-refractivity contribution in [2.45, 2.75) is 6.92 Å². The van der Waals surface area contributed by atoms with Crippen molar-refractivity contribution in [1.82, 2.24) is 0 Å². The van der Waals surface area contributed by atoms with Gasteiger partial charge in [-0.3, -0.25) is 4.79 Å². The van der Waals surface area contributed by atoms with Gasteiger partial charge in [0.2, 0.25) is 5.91 Å². The molecule has 0 heterocycles. The second kappa shape index (κ2) is 7.16. The lowest BCUT2D eigenvalue weighted by atomic mass is 10.2. The Morgan fingerprint density at radius 3 is 2.33 bits per heavy atom. The van der Waals surface area contributed by atoms with E-state index in [1.165, 1.54) is 6.92 Å². The number of hydrogen-bond donors (Lipinski definition) is 0. The molecule has 0 aromatic heterocycles. The molecule has 0 N–H and O–H groups in total. The summed E-state index contributed by atoms with van der Waals surface area (Å²) in [6, 6.07) is 17.1. The molecule has 3 heteroatoms. The Kier molecular flexibility index (Phi) is 5.00. The summed E-state index contributed by atoms with van der Waals surface area (Å²) in [4.78, 5) is 13.4. The van der Waals surface area contributed by atoms with Crippen molar-refractivity contribution in [2.24, 2.45) is 0 Å². The predicted octanol–water partition coefficient (Wildman–Crippen LogP) is 3.10. The summed E-state index contributed by atoms with van der Waals surface area (Å²) in [5.74, 6) is 6.81. The van der Waals surface area contributed by atoms with E-state index in [9.17, 15) is 4.79 Å². The molecule has 0 atom stereocenters. The molecule has 0 aliphatic heterocycles. The van der Waals surface area contributed by atoms with Gasteiger partial charge in [0, 0.05) is 18.2 Å². The maximum Gasteiger partial charge on any atom is 0.224 e. The molecule has 0 radical (unpaired) electrons. The average molecular weight is 279 g/mol. The van der Waals surface area contributed by atoms with Gasteiger partial charge in [-0.15, -0.1) is 0 Å². The minimum absolute atomic E-state index is 0.0393. The van der Waals surface area contributed by atoms with E-state index in [4.69, 9.17) is 4.74 Å². The number of amides is 1. The van der Waals surface area contributed by atoms with E-state index in [2.05, 4.69) is 11.8 Å². The summed E-state index contributed by atoms with van der Waals surface area (Å²) in [7, 11) is 1.61. The molecule has 1 amide bonds. The predicted molar refractivity (Wildman–Crippen MR) is 84.3 cm³/mol. The number of methoxy groups -OCH3 is 1. The molecule has 2 aromatic carbocycles. The molecule has 3 nitrogen and oxygen atoms in total. The molecule has 0 aliphatic carbocycles. The zero-order valence-corrected chi connectivity index (χ0v) is 12.2. The first-order valence-corrected chi connectivity index (χ1v) is 6.67. The second-order valence-corrected chi connectivity index (χ2v) is 4.47. The Bertz CT molecular complexity index is 651. The normalized spacial score (nSPS) is 9.43. The van der Waals surface area contributed by atoms with Crippen molar-refractivity contribution < 1.29 is 9.53 Å². The van der Waals surface area contributed by atoms with Crippen LogP contribution in [0.5, 0.6) is 5.75 Å². The van der Waals surface area contributed by atoms with Gasteiger partial charge < -0.3 is 9.64 Å². The number of rotatable bonds is 3. The lowest BCUT2D eigenvalue weighted by molar-refractivity contribution is -0.116. The highest BCUT2D eigenvalue weighted by Gasteiger charge is 2.09. The van der Waals surface area contributed by atoms with Crippen LogP contribution in [0.3, 0.4) is 0 Å². The van der Waals surface area contributed by atoms with Crippen LogP contribution in [-0.2, 0) is 4.79 Å². The van der Waals surface area contributed by atoms with Crippen LogP contribution in [0.1, 0.15) is 12.5 Å². The SMILES string of the molecule is COc1ccc(N(CC#Cc2ccccc2)C(C)=O)cc1. The smallest absolute Gasteiger partial charge is 0.224 e. The van der Waals surface area contributed by atoms with E-state index in [-0.39, 0.29) is 5.91 Å². The zero-order valence-electron chi connectivity index (χ0n) is 12.2. The van der Waals surface area contributed by atoms with Crippen LogP contribution < -0.4 is 9.64 Å². The lowest BCUT2D eigenvalue weighted by Crippen LogP contribution is -2.28. The summed E-state index contributed by atoms with van der Waals surface area (Å²) < 4.78 is 5.12. The Labute approximate surface area is 125 Å². The third-order valence-electron chi connectivity index (χ3n) is 3.01. The van der Waals surface area contributed by atoms with Gasteiger partial charge in [-0.1, -0.05) is 30.0 Å². The third-order valence-corrected chi connectivity index (χ3v) is 3.01. The Morgan fingerprint density at radius 2 is 1.76 bits per heavy atom. The molecule has 21 heavy (non-hydrogen) atoms. The van der Waals surface area contributed by atoms with Gasteiger partial charge in [0.05, 0.1) is 13.7 Å². The number of ether oxygens (including phenoxy) is 1. The van der Waals surface area contributed by atoms with Gasteiger partial charge in [-0.2, -0.15) is 0 Å². The monoisotopic (exact) mass is 279 g/mol. The summed E-state index contributed by atoms with van der Waals surface area (Å²) in [5.41, 5.74) is 1.75. The number of carbonyl (C=O) groups excluding carboxylic acids is 1. The van der Waals surface area contributed by atoms with Gasteiger partial charge in [0.15, 0.2) is 0 Å². The van der Waals surface area contributed by atoms with Crippen molar-refractivity contribution in [3.05, 3.63) is 60.2 Å². The number of benzene rings is 2. The van der Waals surface area contributed by atoms with Crippen molar-refractivity contribution >= 4 is 11.6 Å². The summed E-state index contributed by atoms with van der Waals surface area (Å²) in [5, 5.41) is 0. The molecule has 0 fully saturated rings. The Morgan fingerprint density at radius 1 is 1.10 bits per heavy atom. The number of carbonyl (C=O) groups is 1. The maximum atomic E-state index is 11.8. The molecule has 106 valence electrons. The minimum atomic E-state index is -0.0393. The lowest BCUT2D eigenvalue weighted by Gasteiger charge is -2.18. The van der Waals surface area contributed by atoms with E-state index in [1.807, 2.05) is 54.6 Å². The number of hydrogen-bond acceptors (Lipinski definition) is 2. The van der Waals surface area contributed by atoms with E-state index in [0.29, 0.717) is 6.54 Å². The molecule has 0 spiro atoms. The minimum Gasteiger partial charge on any atom is -0.497 e. The van der Waals surface area contributed by atoms with Crippen molar-refractivity contribution in [2.75, 3.05) is 18.6 Å². The molecule has 2 aromatic rings. The molecule has 0 unspecified atom stereocenters. The van der Waals surface area contributed by atoms with Gasteiger partial charge in [0.25, 0.3) is 0 Å². The van der Waals surface area contributed by atoms with Gasteiger partial charge in [-0.05, 0) is 36.4 Å². The molecular formula is C18H17NO2. The molecule has 0 saturated carbocycles. The average Bonchev–Trinajstić information content (AvgIpc) is 2.52. The first-order chi connectivity index (χ1) is 10.2. The van der Waals surface area contributed by atoms with Crippen LogP contribution in [0.4, 0.5) is 5.69 Å². The van der Waals surface area contributed by atoms with Crippen LogP contribution in [0.15, 0.2) is 54.6 Å². The summed E-state index contributed by atoms with van der Waals surface area (Å²) in [6.45, 7) is 1.89. The maximum absolute atomic E-state index is 11.8. The van der Waals surface area contributed by atoms with Crippen LogP contribution in [0.2, 0.25) is 0 Å². The molecule has 0 saturated heterocycles. The summed E-state index contributed by atoms with van der Waals surface area (Å²) >= 11 is 0. The van der Waals surface area contributed by atoms with Crippen LogP contribution >= 0.6 is 0 Å². The first-order valence-electron chi connectivity index (χ1n) is 6.67. The topological polar surface area (TPSA) is 29.5 Å². The van der Waals surface area contributed by atoms with Crippen molar-refractivity contribution in [3.8, 4) is 17.6 Å². The zero-order chi connectivity index (χ0) is 15.1. The van der Waals surface area contributed by atoms with E-state index < -0.39 is 0 Å². The van der Waals surface area contributed by atoms with Crippen molar-refractivity contribution in [3.63, 3.8) is 0 Å².